The molecule has 0 aromatic carbocycles. The average molecular weight is 394 g/mol. The van der Waals surface area contributed by atoms with Gasteiger partial charge in [0.1, 0.15) is 16.9 Å². The topological polar surface area (TPSA) is 63.7 Å². The van der Waals surface area contributed by atoms with Crippen LogP contribution in [0.25, 0.3) is 0 Å². The van der Waals surface area contributed by atoms with Crippen molar-refractivity contribution in [3.05, 3.63) is 35.2 Å². The maximum Gasteiger partial charge on any atom is 0.278 e. The highest BCUT2D eigenvalue weighted by molar-refractivity contribution is 7.15. The Bertz CT molecular complexity index is 692. The van der Waals surface area contributed by atoms with Gasteiger partial charge in [-0.15, -0.1) is 0 Å². The molecule has 2 rings (SSSR count). The van der Waals surface area contributed by atoms with Crippen LogP contribution in [-0.2, 0) is 4.74 Å². The number of nitrogens with one attached hydrogen (secondary N) is 1. The van der Waals surface area contributed by atoms with Gasteiger partial charge in [0.15, 0.2) is 5.72 Å². The van der Waals surface area contributed by atoms with Crippen molar-refractivity contribution in [1.29, 1.82) is 0 Å². The van der Waals surface area contributed by atoms with Gasteiger partial charge in [-0.3, -0.25) is 9.69 Å². The predicted octanol–water partition coefficient (Wildman–Crippen LogP) is 4.17. The van der Waals surface area contributed by atoms with E-state index in [1.54, 1.807) is 6.26 Å². The lowest BCUT2D eigenvalue weighted by Crippen LogP contribution is -2.43. The summed E-state index contributed by atoms with van der Waals surface area (Å²) in [5.41, 5.74) is -0.360. The van der Waals surface area contributed by atoms with E-state index in [9.17, 15) is 4.79 Å². The van der Waals surface area contributed by atoms with Gasteiger partial charge in [0.2, 0.25) is 0 Å². The van der Waals surface area contributed by atoms with E-state index in [-0.39, 0.29) is 11.6 Å². The van der Waals surface area contributed by atoms with Gasteiger partial charge in [-0.2, -0.15) is 0 Å². The highest BCUT2D eigenvalue weighted by atomic mass is 32.1. The summed E-state index contributed by atoms with van der Waals surface area (Å²) >= 11 is 1.22. The zero-order valence-electron chi connectivity index (χ0n) is 17.1. The Morgan fingerprint density at radius 2 is 2.19 bits per heavy atom. The first-order valence-corrected chi connectivity index (χ1v) is 10.2. The van der Waals surface area contributed by atoms with Crippen LogP contribution in [0.3, 0.4) is 0 Å². The smallest absolute Gasteiger partial charge is 0.278 e. The summed E-state index contributed by atoms with van der Waals surface area (Å²) in [6.45, 7) is 13.9. The van der Waals surface area contributed by atoms with Crippen LogP contribution < -0.4 is 10.1 Å². The summed E-state index contributed by atoms with van der Waals surface area (Å²) in [6, 6.07) is 0.372. The van der Waals surface area contributed by atoms with Crippen LogP contribution in [0.4, 0.5) is 0 Å². The minimum absolute atomic E-state index is 0.128. The minimum atomic E-state index is -0.360. The highest BCUT2D eigenvalue weighted by Gasteiger charge is 2.38. The number of nitrogens with zero attached hydrogens (tertiary/aromatic N) is 2. The number of rotatable bonds is 8. The summed E-state index contributed by atoms with van der Waals surface area (Å²) in [6.07, 6.45) is 8.16. The van der Waals surface area contributed by atoms with E-state index in [1.165, 1.54) is 17.5 Å². The summed E-state index contributed by atoms with van der Waals surface area (Å²) in [7, 11) is 0. The minimum Gasteiger partial charge on any atom is -0.473 e. The molecule has 150 valence electrons. The van der Waals surface area contributed by atoms with Crippen molar-refractivity contribution in [3.8, 4) is 5.19 Å². The van der Waals surface area contributed by atoms with E-state index in [0.29, 0.717) is 35.1 Å². The van der Waals surface area contributed by atoms with E-state index < -0.39 is 0 Å². The Morgan fingerprint density at radius 1 is 1.44 bits per heavy atom. The number of carbonyl (C=O) groups is 1. The van der Waals surface area contributed by atoms with Gasteiger partial charge in [0, 0.05) is 12.6 Å². The molecule has 0 radical (unpaired) electrons. The van der Waals surface area contributed by atoms with Crippen molar-refractivity contribution in [1.82, 2.24) is 15.2 Å². The van der Waals surface area contributed by atoms with E-state index in [2.05, 4.69) is 55.0 Å². The number of ether oxygens (including phenoxy) is 2. The zero-order chi connectivity index (χ0) is 20.0. The summed E-state index contributed by atoms with van der Waals surface area (Å²) in [5, 5.41) is 3.32. The quantitative estimate of drug-likeness (QED) is 0.408. The molecular formula is C20H31N3O3S. The molecule has 0 atom stereocenters. The third-order valence-corrected chi connectivity index (χ3v) is 5.03. The van der Waals surface area contributed by atoms with Gasteiger partial charge in [-0.25, -0.2) is 4.98 Å². The third kappa shape index (κ3) is 6.36. The van der Waals surface area contributed by atoms with Crippen LogP contribution in [0.1, 0.15) is 57.6 Å². The zero-order valence-corrected chi connectivity index (χ0v) is 17.9. The second kappa shape index (κ2) is 9.37. The monoisotopic (exact) mass is 393 g/mol. The molecule has 0 spiro atoms. The van der Waals surface area contributed by atoms with Gasteiger partial charge in [-0.05, 0) is 40.0 Å². The van der Waals surface area contributed by atoms with E-state index in [4.69, 9.17) is 9.47 Å². The molecule has 2 heterocycles. The summed E-state index contributed by atoms with van der Waals surface area (Å²) < 4.78 is 11.6. The van der Waals surface area contributed by atoms with Crippen molar-refractivity contribution >= 4 is 17.2 Å². The third-order valence-electron chi connectivity index (χ3n) is 4.14. The van der Waals surface area contributed by atoms with Crippen molar-refractivity contribution in [2.24, 2.45) is 5.92 Å². The number of hydrogen-bond donors (Lipinski definition) is 1. The lowest BCUT2D eigenvalue weighted by Gasteiger charge is -2.32. The first kappa shape index (κ1) is 21.4. The second-order valence-electron chi connectivity index (χ2n) is 7.68. The number of aromatic nitrogens is 1. The van der Waals surface area contributed by atoms with E-state index in [0.717, 1.165) is 12.2 Å². The predicted molar refractivity (Wildman–Crippen MR) is 109 cm³/mol. The summed E-state index contributed by atoms with van der Waals surface area (Å²) in [5.74, 6) is 1.15. The van der Waals surface area contributed by atoms with Crippen LogP contribution in [0.5, 0.6) is 5.19 Å². The van der Waals surface area contributed by atoms with Gasteiger partial charge in [0.05, 0.1) is 12.7 Å². The van der Waals surface area contributed by atoms with Crippen LogP contribution >= 0.6 is 11.3 Å². The van der Waals surface area contributed by atoms with E-state index >= 15 is 0 Å². The fourth-order valence-corrected chi connectivity index (χ4v) is 3.55. The number of amides is 1. The Morgan fingerprint density at radius 3 is 2.81 bits per heavy atom. The molecule has 1 fully saturated rings. The molecule has 0 bridgehead atoms. The molecule has 1 N–H and O–H groups in total. The SMILES string of the molecule is CC(C)/C=C\CCNC(=O)c1cnc(OC=C2CN(C(C)C)C(C)(C)O2)s1. The molecule has 27 heavy (non-hydrogen) atoms. The lowest BCUT2D eigenvalue weighted by atomic mass is 10.2. The van der Waals surface area contributed by atoms with E-state index in [1.807, 2.05) is 13.8 Å². The Labute approximate surface area is 166 Å². The molecule has 1 aliphatic rings. The van der Waals surface area contributed by atoms with Crippen molar-refractivity contribution in [2.45, 2.75) is 59.7 Å². The van der Waals surface area contributed by atoms with Crippen LogP contribution in [0, 0.1) is 5.92 Å². The fourth-order valence-electron chi connectivity index (χ4n) is 2.89. The highest BCUT2D eigenvalue weighted by Crippen LogP contribution is 2.31. The fraction of sp³-hybridized carbons (Fsp3) is 0.600. The van der Waals surface area contributed by atoms with Gasteiger partial charge in [0.25, 0.3) is 11.1 Å². The largest absolute Gasteiger partial charge is 0.473 e. The molecule has 1 saturated heterocycles. The number of hydrogen-bond acceptors (Lipinski definition) is 6. The molecule has 0 aliphatic carbocycles. The normalized spacial score (nSPS) is 18.6. The maximum atomic E-state index is 12.2. The molecule has 6 nitrogen and oxygen atoms in total. The Balaban J connectivity index is 1.84. The molecule has 1 aromatic rings. The van der Waals surface area contributed by atoms with Crippen molar-refractivity contribution < 1.29 is 14.3 Å². The van der Waals surface area contributed by atoms with Crippen molar-refractivity contribution in [2.75, 3.05) is 13.1 Å². The second-order valence-corrected chi connectivity index (χ2v) is 8.67. The summed E-state index contributed by atoms with van der Waals surface area (Å²) in [4.78, 5) is 19.1. The van der Waals surface area contributed by atoms with Gasteiger partial charge in [-0.1, -0.05) is 37.3 Å². The molecule has 1 aromatic heterocycles. The maximum absolute atomic E-state index is 12.2. The number of carbonyl (C=O) groups excluding carboxylic acids is 1. The first-order valence-electron chi connectivity index (χ1n) is 9.41. The lowest BCUT2D eigenvalue weighted by molar-refractivity contribution is -0.0475. The van der Waals surface area contributed by atoms with Gasteiger partial charge >= 0.3 is 0 Å². The molecule has 1 aliphatic heterocycles. The van der Waals surface area contributed by atoms with Crippen LogP contribution in [0.2, 0.25) is 0 Å². The molecule has 0 saturated carbocycles. The average Bonchev–Trinajstić information content (AvgIpc) is 3.16. The molecular weight excluding hydrogens is 362 g/mol. The Kier molecular flexibility index (Phi) is 7.44. The standard InChI is InChI=1S/C20H31N3O3S/c1-14(2)9-7-8-10-21-18(24)17-11-22-19(27-17)25-13-16-12-23(15(3)4)20(5,6)26-16/h7,9,11,13-15H,8,10,12H2,1-6H3,(H,21,24)/b9-7-,16-13?. The van der Waals surface area contributed by atoms with Crippen LogP contribution in [0.15, 0.2) is 30.4 Å². The van der Waals surface area contributed by atoms with Gasteiger partial charge < -0.3 is 14.8 Å². The molecule has 7 heteroatoms. The number of allylic oxidation sites excluding steroid dienone is 1. The number of thiazole rings is 1. The van der Waals surface area contributed by atoms with Crippen molar-refractivity contribution in [3.63, 3.8) is 0 Å². The first-order chi connectivity index (χ1) is 12.7. The molecule has 1 amide bonds. The van der Waals surface area contributed by atoms with Crippen LogP contribution in [-0.4, -0.2) is 40.6 Å². The Hall–Kier alpha value is -1.86. The molecule has 0 unspecified atom stereocenters.